The van der Waals surface area contributed by atoms with Gasteiger partial charge in [-0.3, -0.25) is 4.79 Å². The van der Waals surface area contributed by atoms with Crippen LogP contribution in [0.1, 0.15) is 65.7 Å². The molecule has 0 spiro atoms. The molecular formula is C14H28N2O. The molecule has 1 saturated heterocycles. The van der Waals surface area contributed by atoms with Crippen molar-refractivity contribution in [3.63, 3.8) is 0 Å². The highest BCUT2D eigenvalue weighted by Gasteiger charge is 2.35. The quantitative estimate of drug-likeness (QED) is 0.803. The predicted molar refractivity (Wildman–Crippen MR) is 71.8 cm³/mol. The standard InChI is InChI=1S/C14H28N2O/c1-4-8-12-9-6-7-11-16(12)13(17)14(3,15)10-5-2/h12H,4-11,15H2,1-3H3. The van der Waals surface area contributed by atoms with Gasteiger partial charge in [-0.05, 0) is 39.0 Å². The van der Waals surface area contributed by atoms with Crippen LogP contribution in [0.3, 0.4) is 0 Å². The fourth-order valence-corrected chi connectivity index (χ4v) is 2.86. The molecule has 0 aromatic carbocycles. The number of hydrogen-bond acceptors (Lipinski definition) is 2. The molecule has 2 unspecified atom stereocenters. The first-order valence-corrected chi connectivity index (χ1v) is 7.13. The minimum atomic E-state index is -0.669. The first-order chi connectivity index (χ1) is 8.03. The number of piperidine rings is 1. The summed E-state index contributed by atoms with van der Waals surface area (Å²) in [5.74, 6) is 0.164. The second-order valence-corrected chi connectivity index (χ2v) is 5.60. The highest BCUT2D eigenvalue weighted by Crippen LogP contribution is 2.24. The van der Waals surface area contributed by atoms with Gasteiger partial charge in [0.1, 0.15) is 0 Å². The summed E-state index contributed by atoms with van der Waals surface area (Å²) in [6, 6.07) is 0.431. The molecule has 1 heterocycles. The molecule has 0 aromatic heterocycles. The molecule has 0 saturated carbocycles. The van der Waals surface area contributed by atoms with Crippen LogP contribution in [0.2, 0.25) is 0 Å². The van der Waals surface area contributed by atoms with Crippen molar-refractivity contribution < 1.29 is 4.79 Å². The summed E-state index contributed by atoms with van der Waals surface area (Å²) < 4.78 is 0. The Balaban J connectivity index is 2.70. The predicted octanol–water partition coefficient (Wildman–Crippen LogP) is 2.69. The van der Waals surface area contributed by atoms with E-state index in [1.165, 1.54) is 6.42 Å². The fraction of sp³-hybridized carbons (Fsp3) is 0.929. The van der Waals surface area contributed by atoms with E-state index in [4.69, 9.17) is 5.73 Å². The van der Waals surface area contributed by atoms with Gasteiger partial charge in [-0.15, -0.1) is 0 Å². The highest BCUT2D eigenvalue weighted by molar-refractivity contribution is 5.86. The van der Waals surface area contributed by atoms with Crippen LogP contribution in [-0.4, -0.2) is 28.9 Å². The van der Waals surface area contributed by atoms with Crippen molar-refractivity contribution in [2.75, 3.05) is 6.54 Å². The molecule has 1 aliphatic rings. The van der Waals surface area contributed by atoms with Gasteiger partial charge in [-0.1, -0.05) is 26.7 Å². The number of amides is 1. The van der Waals surface area contributed by atoms with Crippen molar-refractivity contribution in [2.24, 2.45) is 5.73 Å². The van der Waals surface area contributed by atoms with E-state index in [9.17, 15) is 4.79 Å². The monoisotopic (exact) mass is 240 g/mol. The van der Waals surface area contributed by atoms with Crippen LogP contribution >= 0.6 is 0 Å². The summed E-state index contributed by atoms with van der Waals surface area (Å²) in [5, 5.41) is 0. The van der Waals surface area contributed by atoms with E-state index in [0.717, 1.165) is 45.1 Å². The SMILES string of the molecule is CCCC1CCCCN1C(=O)C(C)(N)CCC. The molecule has 3 nitrogen and oxygen atoms in total. The van der Waals surface area contributed by atoms with Gasteiger partial charge in [0, 0.05) is 12.6 Å². The number of nitrogens with zero attached hydrogens (tertiary/aromatic N) is 1. The smallest absolute Gasteiger partial charge is 0.242 e. The van der Waals surface area contributed by atoms with Gasteiger partial charge < -0.3 is 10.6 Å². The molecular weight excluding hydrogens is 212 g/mol. The number of rotatable bonds is 5. The van der Waals surface area contributed by atoms with Crippen LogP contribution in [0.15, 0.2) is 0 Å². The Hall–Kier alpha value is -0.570. The summed E-state index contributed by atoms with van der Waals surface area (Å²) in [6.07, 6.45) is 7.54. The van der Waals surface area contributed by atoms with Crippen molar-refractivity contribution in [3.8, 4) is 0 Å². The average molecular weight is 240 g/mol. The zero-order valence-electron chi connectivity index (χ0n) is 11.7. The maximum absolute atomic E-state index is 12.5. The first-order valence-electron chi connectivity index (χ1n) is 7.13. The van der Waals surface area contributed by atoms with Gasteiger partial charge in [0.05, 0.1) is 5.54 Å². The second-order valence-electron chi connectivity index (χ2n) is 5.60. The van der Waals surface area contributed by atoms with Crippen molar-refractivity contribution in [3.05, 3.63) is 0 Å². The van der Waals surface area contributed by atoms with Gasteiger partial charge in [0.15, 0.2) is 0 Å². The summed E-state index contributed by atoms with van der Waals surface area (Å²) in [6.45, 7) is 7.06. The molecule has 0 radical (unpaired) electrons. The summed E-state index contributed by atoms with van der Waals surface area (Å²) >= 11 is 0. The normalized spacial score (nSPS) is 24.5. The lowest BCUT2D eigenvalue weighted by Crippen LogP contribution is -2.57. The van der Waals surface area contributed by atoms with Crippen LogP contribution in [0.4, 0.5) is 0 Å². The Labute approximate surface area is 106 Å². The van der Waals surface area contributed by atoms with E-state index in [-0.39, 0.29) is 5.91 Å². The van der Waals surface area contributed by atoms with Gasteiger partial charge in [-0.2, -0.15) is 0 Å². The lowest BCUT2D eigenvalue weighted by atomic mass is 9.91. The molecule has 1 aliphatic heterocycles. The largest absolute Gasteiger partial charge is 0.338 e. The van der Waals surface area contributed by atoms with Crippen molar-refractivity contribution in [1.29, 1.82) is 0 Å². The molecule has 0 aromatic rings. The van der Waals surface area contributed by atoms with Gasteiger partial charge in [0.25, 0.3) is 0 Å². The van der Waals surface area contributed by atoms with Crippen LogP contribution < -0.4 is 5.73 Å². The van der Waals surface area contributed by atoms with Gasteiger partial charge >= 0.3 is 0 Å². The van der Waals surface area contributed by atoms with Crippen LogP contribution in [0, 0.1) is 0 Å². The molecule has 1 fully saturated rings. The Kier molecular flexibility index (Phi) is 5.44. The minimum Gasteiger partial charge on any atom is -0.338 e. The van der Waals surface area contributed by atoms with E-state index < -0.39 is 5.54 Å². The molecule has 0 aliphatic carbocycles. The Bertz CT molecular complexity index is 249. The zero-order chi connectivity index (χ0) is 12.9. The number of nitrogens with two attached hydrogens (primary N) is 1. The average Bonchev–Trinajstić information content (AvgIpc) is 2.29. The highest BCUT2D eigenvalue weighted by atomic mass is 16.2. The Morgan fingerprint density at radius 1 is 1.35 bits per heavy atom. The zero-order valence-corrected chi connectivity index (χ0v) is 11.7. The molecule has 100 valence electrons. The second kappa shape index (κ2) is 6.39. The fourth-order valence-electron chi connectivity index (χ4n) is 2.86. The van der Waals surface area contributed by atoms with Crippen molar-refractivity contribution in [2.45, 2.75) is 77.3 Å². The summed E-state index contributed by atoms with van der Waals surface area (Å²) in [7, 11) is 0. The van der Waals surface area contributed by atoms with Gasteiger partial charge in [-0.25, -0.2) is 0 Å². The minimum absolute atomic E-state index is 0.164. The molecule has 1 amide bonds. The van der Waals surface area contributed by atoms with E-state index in [1.54, 1.807) is 0 Å². The number of likely N-dealkylation sites (tertiary alicyclic amines) is 1. The van der Waals surface area contributed by atoms with Crippen LogP contribution in [0.5, 0.6) is 0 Å². The summed E-state index contributed by atoms with van der Waals surface area (Å²) in [4.78, 5) is 14.6. The Morgan fingerprint density at radius 2 is 2.06 bits per heavy atom. The molecule has 17 heavy (non-hydrogen) atoms. The molecule has 2 atom stereocenters. The molecule has 3 heteroatoms. The van der Waals surface area contributed by atoms with Gasteiger partial charge in [0.2, 0.25) is 5.91 Å². The van der Waals surface area contributed by atoms with Crippen LogP contribution in [0.25, 0.3) is 0 Å². The third-order valence-electron chi connectivity index (χ3n) is 3.77. The van der Waals surface area contributed by atoms with E-state index in [0.29, 0.717) is 6.04 Å². The molecule has 2 N–H and O–H groups in total. The number of hydrogen-bond donors (Lipinski definition) is 1. The maximum atomic E-state index is 12.5. The lowest BCUT2D eigenvalue weighted by molar-refractivity contribution is -0.140. The van der Waals surface area contributed by atoms with E-state index in [1.807, 2.05) is 6.92 Å². The lowest BCUT2D eigenvalue weighted by Gasteiger charge is -2.40. The number of carbonyl (C=O) groups excluding carboxylic acids is 1. The molecule has 1 rings (SSSR count). The van der Waals surface area contributed by atoms with Crippen LogP contribution in [-0.2, 0) is 4.79 Å². The maximum Gasteiger partial charge on any atom is 0.242 e. The van der Waals surface area contributed by atoms with E-state index in [2.05, 4.69) is 18.7 Å². The Morgan fingerprint density at radius 3 is 2.65 bits per heavy atom. The third kappa shape index (κ3) is 3.70. The third-order valence-corrected chi connectivity index (χ3v) is 3.77. The van der Waals surface area contributed by atoms with E-state index >= 15 is 0 Å². The summed E-state index contributed by atoms with van der Waals surface area (Å²) in [5.41, 5.74) is 5.50. The molecule has 0 bridgehead atoms. The van der Waals surface area contributed by atoms with Crippen molar-refractivity contribution in [1.82, 2.24) is 4.90 Å². The number of carbonyl (C=O) groups is 1. The van der Waals surface area contributed by atoms with Crippen molar-refractivity contribution >= 4 is 5.91 Å². The first kappa shape index (κ1) is 14.5. The topological polar surface area (TPSA) is 46.3 Å².